The molecule has 0 unspecified atom stereocenters. The normalized spacial score (nSPS) is 27.8. The molecule has 1 saturated heterocycles. The molecule has 0 radical (unpaired) electrons. The van der Waals surface area contributed by atoms with Crippen molar-refractivity contribution < 1.29 is 9.59 Å². The second-order valence-corrected chi connectivity index (χ2v) is 5.03. The summed E-state index contributed by atoms with van der Waals surface area (Å²) in [6.07, 6.45) is 2.90. The van der Waals surface area contributed by atoms with E-state index in [1.54, 1.807) is 0 Å². The van der Waals surface area contributed by atoms with Gasteiger partial charge in [0.15, 0.2) is 5.78 Å². The summed E-state index contributed by atoms with van der Waals surface area (Å²) in [6, 6.07) is 7.85. The Hall–Kier alpha value is -1.64. The molecule has 17 heavy (non-hydrogen) atoms. The number of hydrogen-bond acceptors (Lipinski definition) is 2. The van der Waals surface area contributed by atoms with E-state index in [0.717, 1.165) is 24.0 Å². The Morgan fingerprint density at radius 2 is 1.82 bits per heavy atom. The molecule has 0 saturated carbocycles. The molecule has 1 heterocycles. The monoisotopic (exact) mass is 229 g/mol. The average Bonchev–Trinajstić information content (AvgIpc) is 2.38. The van der Waals surface area contributed by atoms with Gasteiger partial charge in [0.05, 0.1) is 0 Å². The highest BCUT2D eigenvalue weighted by Crippen LogP contribution is 2.41. The lowest BCUT2D eigenvalue weighted by molar-refractivity contribution is -0.123. The van der Waals surface area contributed by atoms with E-state index in [4.69, 9.17) is 0 Å². The summed E-state index contributed by atoms with van der Waals surface area (Å²) in [6.45, 7) is 0.677. The van der Waals surface area contributed by atoms with Gasteiger partial charge in [-0.25, -0.2) is 0 Å². The minimum atomic E-state index is -0.00157. The van der Waals surface area contributed by atoms with Crippen molar-refractivity contribution in [3.8, 4) is 0 Å². The second-order valence-electron chi connectivity index (χ2n) is 5.03. The Morgan fingerprint density at radius 3 is 2.59 bits per heavy atom. The zero-order chi connectivity index (χ0) is 11.9. The molecular weight excluding hydrogens is 214 g/mol. The standard InChI is InChI=1S/C14H15NO2/c16-12-5-7-14(8-6-13(17)15-9-14)11-4-2-1-3-10(11)12/h1-4H,5-9H2,(H,15,17)/t14-/m0/s1. The van der Waals surface area contributed by atoms with Gasteiger partial charge < -0.3 is 5.32 Å². The van der Waals surface area contributed by atoms with Gasteiger partial charge in [0.25, 0.3) is 0 Å². The highest BCUT2D eigenvalue weighted by atomic mass is 16.1. The first-order valence-corrected chi connectivity index (χ1v) is 6.11. The maximum atomic E-state index is 11.9. The molecule has 1 amide bonds. The number of carbonyl (C=O) groups excluding carboxylic acids is 2. The minimum absolute atomic E-state index is 0.00157. The van der Waals surface area contributed by atoms with Crippen LogP contribution in [0.25, 0.3) is 0 Å². The average molecular weight is 229 g/mol. The summed E-state index contributed by atoms with van der Waals surface area (Å²) in [7, 11) is 0. The van der Waals surface area contributed by atoms with Crippen LogP contribution in [0.1, 0.15) is 41.6 Å². The van der Waals surface area contributed by atoms with Crippen molar-refractivity contribution in [2.45, 2.75) is 31.1 Å². The van der Waals surface area contributed by atoms with Crippen LogP contribution in [0.15, 0.2) is 24.3 Å². The number of carbonyl (C=O) groups is 2. The van der Waals surface area contributed by atoms with Crippen molar-refractivity contribution in [2.24, 2.45) is 0 Å². The van der Waals surface area contributed by atoms with E-state index >= 15 is 0 Å². The van der Waals surface area contributed by atoms with E-state index in [9.17, 15) is 9.59 Å². The molecule has 3 nitrogen and oxygen atoms in total. The molecule has 1 aromatic rings. The highest BCUT2D eigenvalue weighted by molar-refractivity contribution is 5.99. The van der Waals surface area contributed by atoms with Crippen LogP contribution in [-0.4, -0.2) is 18.2 Å². The maximum Gasteiger partial charge on any atom is 0.220 e. The van der Waals surface area contributed by atoms with E-state index in [-0.39, 0.29) is 17.1 Å². The molecule has 3 heteroatoms. The fraction of sp³-hybridized carbons (Fsp3) is 0.429. The van der Waals surface area contributed by atoms with Gasteiger partial charge >= 0.3 is 0 Å². The Bertz CT molecular complexity index is 483. The summed E-state index contributed by atoms with van der Waals surface area (Å²) >= 11 is 0. The molecule has 1 aliphatic carbocycles. The van der Waals surface area contributed by atoms with Crippen LogP contribution in [0.5, 0.6) is 0 Å². The van der Waals surface area contributed by atoms with Crippen molar-refractivity contribution >= 4 is 11.7 Å². The molecule has 3 rings (SSSR count). The molecule has 1 atom stereocenters. The fourth-order valence-electron chi connectivity index (χ4n) is 3.05. The molecular formula is C14H15NO2. The number of nitrogens with one attached hydrogen (secondary N) is 1. The maximum absolute atomic E-state index is 11.9. The molecule has 1 fully saturated rings. The summed E-state index contributed by atoms with van der Waals surface area (Å²) in [4.78, 5) is 23.2. The summed E-state index contributed by atoms with van der Waals surface area (Å²) in [5.74, 6) is 0.369. The van der Waals surface area contributed by atoms with Crippen LogP contribution in [0.3, 0.4) is 0 Å². The topological polar surface area (TPSA) is 46.2 Å². The first kappa shape index (κ1) is 10.5. The molecule has 1 N–H and O–H groups in total. The third-order valence-electron chi connectivity index (χ3n) is 4.08. The lowest BCUT2D eigenvalue weighted by Gasteiger charge is -2.41. The number of benzene rings is 1. The quantitative estimate of drug-likeness (QED) is 0.737. The Labute approximate surface area is 100 Å². The predicted octanol–water partition coefficient (Wildman–Crippen LogP) is 1.81. The Balaban J connectivity index is 2.06. The number of rotatable bonds is 0. The summed E-state index contributed by atoms with van der Waals surface area (Å²) in [5.41, 5.74) is 1.99. The first-order valence-electron chi connectivity index (χ1n) is 6.11. The largest absolute Gasteiger partial charge is 0.355 e. The zero-order valence-corrected chi connectivity index (χ0v) is 9.66. The van der Waals surface area contributed by atoms with Crippen molar-refractivity contribution in [1.29, 1.82) is 0 Å². The smallest absolute Gasteiger partial charge is 0.220 e. The van der Waals surface area contributed by atoms with Gasteiger partial charge in [-0.15, -0.1) is 0 Å². The first-order chi connectivity index (χ1) is 8.21. The molecule has 88 valence electrons. The Kier molecular flexibility index (Phi) is 2.28. The van der Waals surface area contributed by atoms with Crippen LogP contribution in [0, 0.1) is 0 Å². The minimum Gasteiger partial charge on any atom is -0.355 e. The lowest BCUT2D eigenvalue weighted by Crippen LogP contribution is -2.48. The number of amides is 1. The molecule has 1 aromatic carbocycles. The molecule has 0 bridgehead atoms. The second kappa shape index (κ2) is 3.69. The van der Waals surface area contributed by atoms with E-state index in [2.05, 4.69) is 5.32 Å². The van der Waals surface area contributed by atoms with Crippen molar-refractivity contribution in [3.05, 3.63) is 35.4 Å². The molecule has 0 aromatic heterocycles. The van der Waals surface area contributed by atoms with Gasteiger partial charge in [0, 0.05) is 30.4 Å². The molecule has 1 aliphatic heterocycles. The number of piperidine rings is 1. The SMILES string of the molecule is O=C1CC[C@@]2(CCC(=O)c3ccccc32)CN1. The van der Waals surface area contributed by atoms with Gasteiger partial charge in [-0.1, -0.05) is 24.3 Å². The summed E-state index contributed by atoms with van der Waals surface area (Å²) < 4.78 is 0. The van der Waals surface area contributed by atoms with E-state index in [1.165, 1.54) is 0 Å². The van der Waals surface area contributed by atoms with E-state index < -0.39 is 0 Å². The third-order valence-corrected chi connectivity index (χ3v) is 4.08. The number of fused-ring (bicyclic) bond motifs is 2. The van der Waals surface area contributed by atoms with Gasteiger partial charge in [-0.3, -0.25) is 9.59 Å². The number of Topliss-reactive ketones (excluding diaryl/α,β-unsaturated/α-hetero) is 1. The number of hydrogen-bond donors (Lipinski definition) is 1. The van der Waals surface area contributed by atoms with Crippen molar-refractivity contribution in [2.75, 3.05) is 6.54 Å². The van der Waals surface area contributed by atoms with Gasteiger partial charge in [-0.2, -0.15) is 0 Å². The lowest BCUT2D eigenvalue weighted by atomic mass is 9.66. The van der Waals surface area contributed by atoms with Crippen molar-refractivity contribution in [3.63, 3.8) is 0 Å². The zero-order valence-electron chi connectivity index (χ0n) is 9.66. The van der Waals surface area contributed by atoms with E-state index in [1.807, 2.05) is 24.3 Å². The van der Waals surface area contributed by atoms with Gasteiger partial charge in [-0.05, 0) is 18.4 Å². The molecule has 1 spiro atoms. The van der Waals surface area contributed by atoms with E-state index in [0.29, 0.717) is 19.4 Å². The van der Waals surface area contributed by atoms with Crippen LogP contribution in [0.4, 0.5) is 0 Å². The van der Waals surface area contributed by atoms with Crippen molar-refractivity contribution in [1.82, 2.24) is 5.32 Å². The van der Waals surface area contributed by atoms with Crippen LogP contribution < -0.4 is 5.32 Å². The molecule has 2 aliphatic rings. The highest BCUT2D eigenvalue weighted by Gasteiger charge is 2.41. The van der Waals surface area contributed by atoms with Crippen LogP contribution >= 0.6 is 0 Å². The van der Waals surface area contributed by atoms with Crippen LogP contribution in [0.2, 0.25) is 0 Å². The van der Waals surface area contributed by atoms with Crippen LogP contribution in [-0.2, 0) is 10.2 Å². The third kappa shape index (κ3) is 1.57. The van der Waals surface area contributed by atoms with Gasteiger partial charge in [0.2, 0.25) is 5.91 Å². The number of ketones is 1. The summed E-state index contributed by atoms with van der Waals surface area (Å²) in [5, 5.41) is 2.95. The fourth-order valence-corrected chi connectivity index (χ4v) is 3.05. The van der Waals surface area contributed by atoms with Gasteiger partial charge in [0.1, 0.15) is 0 Å². The Morgan fingerprint density at radius 1 is 1.06 bits per heavy atom. The predicted molar refractivity (Wildman–Crippen MR) is 63.9 cm³/mol.